The lowest BCUT2D eigenvalue weighted by molar-refractivity contribution is -0.186. The van der Waals surface area contributed by atoms with Gasteiger partial charge in [-0.25, -0.2) is 4.39 Å². The second-order valence-corrected chi connectivity index (χ2v) is 4.19. The van der Waals surface area contributed by atoms with Gasteiger partial charge in [-0.2, -0.15) is 13.2 Å². The summed E-state index contributed by atoms with van der Waals surface area (Å²) in [7, 11) is 1.57. The first-order chi connectivity index (χ1) is 9.90. The second-order valence-electron chi connectivity index (χ2n) is 4.19. The van der Waals surface area contributed by atoms with Crippen molar-refractivity contribution in [3.05, 3.63) is 29.6 Å². The van der Waals surface area contributed by atoms with E-state index in [9.17, 15) is 17.6 Å². The van der Waals surface area contributed by atoms with Crippen LogP contribution in [0, 0.1) is 5.82 Å². The van der Waals surface area contributed by atoms with E-state index in [-0.39, 0.29) is 5.75 Å². The molecule has 0 radical (unpaired) electrons. The molecular formula is C13H17F4NO3. The molecule has 0 aliphatic heterocycles. The summed E-state index contributed by atoms with van der Waals surface area (Å²) in [6.45, 7) is -0.504. The van der Waals surface area contributed by atoms with Crippen molar-refractivity contribution in [2.45, 2.75) is 12.7 Å². The summed E-state index contributed by atoms with van der Waals surface area (Å²) in [5.41, 5.74) is 0.608. The van der Waals surface area contributed by atoms with Crippen LogP contribution in [0.1, 0.15) is 5.56 Å². The third-order valence-electron chi connectivity index (χ3n) is 2.32. The molecule has 1 aromatic carbocycles. The lowest BCUT2D eigenvalue weighted by Crippen LogP contribution is -2.19. The normalized spacial score (nSPS) is 11.7. The minimum atomic E-state index is -4.41. The maximum absolute atomic E-state index is 13.3. The molecule has 0 aliphatic rings. The molecule has 0 unspecified atom stereocenters. The third kappa shape index (κ3) is 8.49. The van der Waals surface area contributed by atoms with E-state index in [4.69, 9.17) is 9.47 Å². The van der Waals surface area contributed by atoms with Crippen LogP contribution < -0.4 is 10.1 Å². The van der Waals surface area contributed by atoms with E-state index >= 15 is 0 Å². The van der Waals surface area contributed by atoms with E-state index in [1.807, 2.05) is 0 Å². The van der Waals surface area contributed by atoms with Crippen molar-refractivity contribution < 1.29 is 31.8 Å². The van der Waals surface area contributed by atoms with Crippen LogP contribution in [0.15, 0.2) is 18.2 Å². The number of hydrogen-bond acceptors (Lipinski definition) is 4. The number of nitrogens with one attached hydrogen (secondary N) is 1. The fraction of sp³-hybridized carbons (Fsp3) is 0.538. The van der Waals surface area contributed by atoms with E-state index in [0.29, 0.717) is 25.3 Å². The van der Waals surface area contributed by atoms with E-state index < -0.39 is 25.4 Å². The SMILES string of the molecule is COCCNCc1cc(F)cc(OCOCC(F)(F)F)c1. The molecule has 0 fully saturated rings. The first-order valence-electron chi connectivity index (χ1n) is 6.17. The third-order valence-corrected chi connectivity index (χ3v) is 2.32. The summed E-state index contributed by atoms with van der Waals surface area (Å²) in [4.78, 5) is 0. The standard InChI is InChI=1S/C13H17F4NO3/c1-19-3-2-18-7-10-4-11(14)6-12(5-10)21-9-20-8-13(15,16)17/h4-6,18H,2-3,7-9H2,1H3. The molecule has 8 heteroatoms. The Hall–Kier alpha value is -1.38. The Balaban J connectivity index is 2.41. The number of benzene rings is 1. The molecule has 0 amide bonds. The maximum Gasteiger partial charge on any atom is 0.411 e. The fourth-order valence-corrected chi connectivity index (χ4v) is 1.48. The average molecular weight is 311 g/mol. The Morgan fingerprint density at radius 3 is 2.62 bits per heavy atom. The van der Waals surface area contributed by atoms with Gasteiger partial charge in [-0.15, -0.1) is 0 Å². The molecule has 1 aromatic rings. The van der Waals surface area contributed by atoms with Gasteiger partial charge in [0.25, 0.3) is 0 Å². The van der Waals surface area contributed by atoms with Gasteiger partial charge in [0.1, 0.15) is 18.2 Å². The molecule has 1 rings (SSSR count). The number of methoxy groups -OCH3 is 1. The van der Waals surface area contributed by atoms with E-state index in [1.165, 1.54) is 12.1 Å². The van der Waals surface area contributed by atoms with Crippen LogP contribution in [0.2, 0.25) is 0 Å². The second kappa shape index (κ2) is 8.81. The maximum atomic E-state index is 13.3. The van der Waals surface area contributed by atoms with E-state index in [1.54, 1.807) is 7.11 Å². The summed E-state index contributed by atoms with van der Waals surface area (Å²) in [6, 6.07) is 3.92. The smallest absolute Gasteiger partial charge is 0.411 e. The van der Waals surface area contributed by atoms with Gasteiger partial charge in [0, 0.05) is 26.3 Å². The van der Waals surface area contributed by atoms with Crippen LogP contribution in [0.25, 0.3) is 0 Å². The molecule has 0 aliphatic carbocycles. The van der Waals surface area contributed by atoms with Crippen LogP contribution in [0.5, 0.6) is 5.75 Å². The van der Waals surface area contributed by atoms with Crippen LogP contribution in [0.3, 0.4) is 0 Å². The van der Waals surface area contributed by atoms with Crippen molar-refractivity contribution in [1.82, 2.24) is 5.32 Å². The van der Waals surface area contributed by atoms with Gasteiger partial charge in [-0.3, -0.25) is 0 Å². The topological polar surface area (TPSA) is 39.7 Å². The highest BCUT2D eigenvalue weighted by Gasteiger charge is 2.27. The van der Waals surface area contributed by atoms with Gasteiger partial charge in [0.05, 0.1) is 6.61 Å². The van der Waals surface area contributed by atoms with Crippen molar-refractivity contribution in [3.8, 4) is 5.75 Å². The zero-order chi connectivity index (χ0) is 15.7. The van der Waals surface area contributed by atoms with E-state index in [0.717, 1.165) is 6.07 Å². The number of hydrogen-bond donors (Lipinski definition) is 1. The monoisotopic (exact) mass is 311 g/mol. The summed E-state index contributed by atoms with van der Waals surface area (Å²) in [6.07, 6.45) is -4.41. The van der Waals surface area contributed by atoms with Gasteiger partial charge in [0.2, 0.25) is 0 Å². The molecule has 0 saturated carbocycles. The molecule has 4 nitrogen and oxygen atoms in total. The number of halogens is 4. The van der Waals surface area contributed by atoms with Crippen LogP contribution in [0.4, 0.5) is 17.6 Å². The first kappa shape index (κ1) is 17.7. The minimum Gasteiger partial charge on any atom is -0.467 e. The van der Waals surface area contributed by atoms with Crippen molar-refractivity contribution in [2.75, 3.05) is 33.7 Å². The van der Waals surface area contributed by atoms with Gasteiger partial charge < -0.3 is 19.5 Å². The summed E-state index contributed by atoms with van der Waals surface area (Å²) in [5.74, 6) is -0.424. The number of ether oxygens (including phenoxy) is 3. The minimum absolute atomic E-state index is 0.112. The van der Waals surface area contributed by atoms with Crippen molar-refractivity contribution in [1.29, 1.82) is 0 Å². The Labute approximate surface area is 120 Å². The first-order valence-corrected chi connectivity index (χ1v) is 6.17. The Morgan fingerprint density at radius 1 is 1.19 bits per heavy atom. The Bertz CT molecular complexity index is 426. The molecular weight excluding hydrogens is 294 g/mol. The summed E-state index contributed by atoms with van der Waals surface area (Å²) >= 11 is 0. The highest BCUT2D eigenvalue weighted by atomic mass is 19.4. The van der Waals surface area contributed by atoms with Gasteiger partial charge in [0.15, 0.2) is 6.79 Å². The highest BCUT2D eigenvalue weighted by molar-refractivity contribution is 5.29. The van der Waals surface area contributed by atoms with Crippen molar-refractivity contribution >= 4 is 0 Å². The molecule has 0 spiro atoms. The summed E-state index contributed by atoms with van der Waals surface area (Å²) in [5, 5.41) is 3.02. The fourth-order valence-electron chi connectivity index (χ4n) is 1.48. The van der Waals surface area contributed by atoms with Crippen LogP contribution in [-0.2, 0) is 16.0 Å². The molecule has 0 saturated heterocycles. The number of rotatable bonds is 9. The zero-order valence-electron chi connectivity index (χ0n) is 11.5. The van der Waals surface area contributed by atoms with Crippen LogP contribution >= 0.6 is 0 Å². The van der Waals surface area contributed by atoms with E-state index in [2.05, 4.69) is 10.1 Å². The van der Waals surface area contributed by atoms with Gasteiger partial charge in [-0.1, -0.05) is 0 Å². The van der Waals surface area contributed by atoms with Gasteiger partial charge >= 0.3 is 6.18 Å². The van der Waals surface area contributed by atoms with Crippen molar-refractivity contribution in [3.63, 3.8) is 0 Å². The van der Waals surface area contributed by atoms with Crippen molar-refractivity contribution in [2.24, 2.45) is 0 Å². The lowest BCUT2D eigenvalue weighted by Gasteiger charge is -2.11. The molecule has 21 heavy (non-hydrogen) atoms. The molecule has 120 valence electrons. The predicted octanol–water partition coefficient (Wildman–Crippen LogP) is 2.48. The molecule has 0 aromatic heterocycles. The Morgan fingerprint density at radius 2 is 1.95 bits per heavy atom. The molecule has 1 N–H and O–H groups in total. The number of alkyl halides is 3. The molecule has 0 bridgehead atoms. The lowest BCUT2D eigenvalue weighted by atomic mass is 10.2. The predicted molar refractivity (Wildman–Crippen MR) is 67.5 cm³/mol. The zero-order valence-corrected chi connectivity index (χ0v) is 11.5. The molecule has 0 atom stereocenters. The molecule has 0 heterocycles. The largest absolute Gasteiger partial charge is 0.467 e. The average Bonchev–Trinajstić information content (AvgIpc) is 2.38. The highest BCUT2D eigenvalue weighted by Crippen LogP contribution is 2.18. The Kier molecular flexibility index (Phi) is 7.41. The quantitative estimate of drug-likeness (QED) is 0.432. The van der Waals surface area contributed by atoms with Gasteiger partial charge in [-0.05, 0) is 17.7 Å². The summed E-state index contributed by atoms with van der Waals surface area (Å²) < 4.78 is 63.0. The van der Waals surface area contributed by atoms with Crippen LogP contribution in [-0.4, -0.2) is 39.8 Å².